The molecule has 1 aliphatic heterocycles. The van der Waals surface area contributed by atoms with Crippen LogP contribution in [0.2, 0.25) is 0 Å². The smallest absolute Gasteiger partial charge is 0.282 e. The fraction of sp³-hybridized carbons (Fsp3) is 0.269. The minimum Gasteiger partial charge on any atom is -0.493 e. The molecule has 168 valence electrons. The Kier molecular flexibility index (Phi) is 8.95. The molecule has 2 heterocycles. The molecule has 1 aliphatic rings. The number of ether oxygens (including phenoxy) is 1. The lowest BCUT2D eigenvalue weighted by molar-refractivity contribution is -0.117. The van der Waals surface area contributed by atoms with Crippen LogP contribution in [0, 0.1) is 13.8 Å². The number of amides is 2. The van der Waals surface area contributed by atoms with E-state index in [1.165, 1.54) is 16.0 Å². The molecule has 4 rings (SSSR count). The Hall–Kier alpha value is -3.67. The monoisotopic (exact) mass is 433 g/mol. The third-order valence-electron chi connectivity index (χ3n) is 4.70. The van der Waals surface area contributed by atoms with E-state index in [-0.39, 0.29) is 5.57 Å². The summed E-state index contributed by atoms with van der Waals surface area (Å²) in [6, 6.07) is 13.4. The van der Waals surface area contributed by atoms with Gasteiger partial charge in [0.15, 0.2) is 0 Å². The number of nitrogens with zero attached hydrogens (tertiary/aromatic N) is 2. The molecule has 2 amide bonds. The number of hydrazine groups is 1. The maximum atomic E-state index is 11.5. The molecule has 1 aromatic heterocycles. The van der Waals surface area contributed by atoms with Gasteiger partial charge in [0.1, 0.15) is 11.3 Å². The average molecular weight is 434 g/mol. The highest BCUT2D eigenvalue weighted by Gasteiger charge is 2.32. The first-order valence-corrected chi connectivity index (χ1v) is 10.8. The molecule has 0 atom stereocenters. The summed E-state index contributed by atoms with van der Waals surface area (Å²) in [6.07, 6.45) is 4.73. The predicted molar refractivity (Wildman–Crippen MR) is 130 cm³/mol. The molecule has 3 aromatic rings. The zero-order chi connectivity index (χ0) is 23.7. The zero-order valence-corrected chi connectivity index (χ0v) is 19.4. The molecule has 0 unspecified atom stereocenters. The van der Waals surface area contributed by atoms with Gasteiger partial charge in [0.25, 0.3) is 11.8 Å². The van der Waals surface area contributed by atoms with Crippen molar-refractivity contribution in [3.8, 4) is 5.75 Å². The van der Waals surface area contributed by atoms with Gasteiger partial charge < -0.3 is 4.74 Å². The lowest BCUT2D eigenvalue weighted by atomic mass is 10.1. The molecular weight excluding hydrogens is 402 g/mol. The number of carbonyl (C=O) groups excluding carboxylic acids is 2. The number of nitrogens with one attached hydrogen (secondary N) is 1. The summed E-state index contributed by atoms with van der Waals surface area (Å²) in [5, 5.41) is 3.52. The number of aromatic nitrogens is 1. The van der Waals surface area contributed by atoms with Crippen molar-refractivity contribution in [2.24, 2.45) is 0 Å². The van der Waals surface area contributed by atoms with Crippen LogP contribution in [0.5, 0.6) is 5.75 Å². The predicted octanol–water partition coefficient (Wildman–Crippen LogP) is 5.29. The normalized spacial score (nSPS) is 12.5. The molecule has 1 fully saturated rings. The average Bonchev–Trinajstić information content (AvgIpc) is 3.08. The summed E-state index contributed by atoms with van der Waals surface area (Å²) in [5.41, 5.74) is 5.37. The lowest BCUT2D eigenvalue weighted by Gasteiger charge is -2.14. The maximum Gasteiger partial charge on any atom is 0.282 e. The van der Waals surface area contributed by atoms with E-state index in [1.54, 1.807) is 18.3 Å². The number of carbonyl (C=O) groups is 2. The van der Waals surface area contributed by atoms with E-state index in [4.69, 9.17) is 4.74 Å². The van der Waals surface area contributed by atoms with Gasteiger partial charge in [0.2, 0.25) is 0 Å². The van der Waals surface area contributed by atoms with Crippen molar-refractivity contribution in [2.75, 3.05) is 11.6 Å². The molecule has 1 N–H and O–H groups in total. The van der Waals surface area contributed by atoms with E-state index in [9.17, 15) is 9.59 Å². The molecule has 0 bridgehead atoms. The number of hydrogen-bond acceptors (Lipinski definition) is 4. The van der Waals surface area contributed by atoms with Crippen molar-refractivity contribution >= 4 is 28.3 Å². The van der Waals surface area contributed by atoms with Crippen LogP contribution in [0.3, 0.4) is 0 Å². The summed E-state index contributed by atoms with van der Waals surface area (Å²) in [5.74, 6) is 0.115. The molecule has 0 saturated carbocycles. The fourth-order valence-electron chi connectivity index (χ4n) is 2.97. The van der Waals surface area contributed by atoms with Crippen molar-refractivity contribution in [3.05, 3.63) is 78.1 Å². The van der Waals surface area contributed by atoms with Crippen molar-refractivity contribution in [1.82, 2.24) is 10.4 Å². The summed E-state index contributed by atoms with van der Waals surface area (Å²) < 4.78 is 5.70. The molecule has 6 heteroatoms. The quantitative estimate of drug-likeness (QED) is 0.448. The fourth-order valence-corrected chi connectivity index (χ4v) is 2.97. The van der Waals surface area contributed by atoms with Crippen LogP contribution in [-0.2, 0) is 9.59 Å². The van der Waals surface area contributed by atoms with Crippen molar-refractivity contribution in [3.63, 3.8) is 0 Å². The van der Waals surface area contributed by atoms with Gasteiger partial charge in [-0.25, -0.2) is 5.01 Å². The zero-order valence-electron chi connectivity index (χ0n) is 19.4. The third kappa shape index (κ3) is 5.72. The SMILES string of the molecule is C=C1C(=O)NN(c2ccc(C)cc2)C1=O.CC.CCCOc1ccc(C)c2cnccc12. The first-order chi connectivity index (χ1) is 15.4. The standard InChI is InChI=1S/C13H15NO.C11H10N2O2.C2H6/c1-3-8-15-13-5-4-10(2)12-9-14-7-6-11(12)13;1-7-3-5-9(6-4-7)13-11(15)8(2)10(14)12-13;1-2/h4-7,9H,3,8H2,1-2H3;3-6H,2H2,1H3,(H,12,14);1-2H3. The van der Waals surface area contributed by atoms with Crippen molar-refractivity contribution in [1.29, 1.82) is 0 Å². The molecular formula is C26H31N3O3. The summed E-state index contributed by atoms with van der Waals surface area (Å²) in [6.45, 7) is 14.3. The van der Waals surface area contributed by atoms with Gasteiger partial charge in [0.05, 0.1) is 12.3 Å². The van der Waals surface area contributed by atoms with Gasteiger partial charge in [0, 0.05) is 23.2 Å². The Morgan fingerprint density at radius 2 is 1.69 bits per heavy atom. The minimum absolute atomic E-state index is 0.0319. The van der Waals surface area contributed by atoms with E-state index < -0.39 is 11.8 Å². The van der Waals surface area contributed by atoms with Crippen LogP contribution in [-0.4, -0.2) is 23.4 Å². The maximum absolute atomic E-state index is 11.5. The number of anilines is 1. The molecule has 0 aliphatic carbocycles. The summed E-state index contributed by atoms with van der Waals surface area (Å²) in [7, 11) is 0. The highest BCUT2D eigenvalue weighted by molar-refractivity contribution is 6.28. The van der Waals surface area contributed by atoms with Crippen LogP contribution >= 0.6 is 0 Å². The first kappa shape index (κ1) is 24.6. The van der Waals surface area contributed by atoms with Crippen LogP contribution in [0.15, 0.2) is 67.0 Å². The Morgan fingerprint density at radius 1 is 1.00 bits per heavy atom. The molecule has 0 radical (unpaired) electrons. The number of benzene rings is 2. The van der Waals surface area contributed by atoms with Crippen molar-refractivity contribution < 1.29 is 14.3 Å². The van der Waals surface area contributed by atoms with E-state index in [0.717, 1.165) is 29.7 Å². The van der Waals surface area contributed by atoms with Gasteiger partial charge >= 0.3 is 0 Å². The molecule has 32 heavy (non-hydrogen) atoms. The molecule has 1 saturated heterocycles. The number of pyridine rings is 1. The summed E-state index contributed by atoms with van der Waals surface area (Å²) >= 11 is 0. The number of aryl methyl sites for hydroxylation is 2. The van der Waals surface area contributed by atoms with E-state index in [2.05, 4.69) is 36.9 Å². The van der Waals surface area contributed by atoms with Crippen LogP contribution < -0.4 is 15.2 Å². The Bertz CT molecular complexity index is 1090. The topological polar surface area (TPSA) is 71.5 Å². The Balaban J connectivity index is 0.000000211. The van der Waals surface area contributed by atoms with E-state index in [0.29, 0.717) is 5.69 Å². The second-order valence-electron chi connectivity index (χ2n) is 7.05. The van der Waals surface area contributed by atoms with E-state index in [1.807, 2.05) is 51.2 Å². The van der Waals surface area contributed by atoms with Gasteiger partial charge in [-0.05, 0) is 50.1 Å². The second kappa shape index (κ2) is 11.6. The second-order valence-corrected chi connectivity index (χ2v) is 7.05. The number of hydrogen-bond donors (Lipinski definition) is 1. The number of fused-ring (bicyclic) bond motifs is 1. The summed E-state index contributed by atoms with van der Waals surface area (Å²) in [4.78, 5) is 26.8. The molecule has 0 spiro atoms. The van der Waals surface area contributed by atoms with Crippen LogP contribution in [0.25, 0.3) is 10.8 Å². The highest BCUT2D eigenvalue weighted by atomic mass is 16.5. The highest BCUT2D eigenvalue weighted by Crippen LogP contribution is 2.27. The largest absolute Gasteiger partial charge is 0.493 e. The minimum atomic E-state index is -0.444. The van der Waals surface area contributed by atoms with Crippen LogP contribution in [0.4, 0.5) is 5.69 Å². The Labute approximate surface area is 189 Å². The van der Waals surface area contributed by atoms with Gasteiger partial charge in [-0.15, -0.1) is 0 Å². The van der Waals surface area contributed by atoms with Gasteiger partial charge in [-0.3, -0.25) is 20.0 Å². The van der Waals surface area contributed by atoms with Gasteiger partial charge in [-0.1, -0.05) is 51.1 Å². The lowest BCUT2D eigenvalue weighted by Crippen LogP contribution is -2.35. The Morgan fingerprint density at radius 3 is 2.28 bits per heavy atom. The van der Waals surface area contributed by atoms with Crippen molar-refractivity contribution in [2.45, 2.75) is 41.0 Å². The van der Waals surface area contributed by atoms with Gasteiger partial charge in [-0.2, -0.15) is 0 Å². The first-order valence-electron chi connectivity index (χ1n) is 10.8. The number of rotatable bonds is 4. The molecule has 2 aromatic carbocycles. The van der Waals surface area contributed by atoms with E-state index >= 15 is 0 Å². The van der Waals surface area contributed by atoms with Crippen LogP contribution in [0.1, 0.15) is 38.3 Å². The molecule has 6 nitrogen and oxygen atoms in total. The third-order valence-corrected chi connectivity index (χ3v) is 4.70.